The topological polar surface area (TPSA) is 32.3 Å². The van der Waals surface area contributed by atoms with Crippen molar-refractivity contribution < 1.29 is 0 Å². The Morgan fingerprint density at radius 1 is 1.50 bits per heavy atom. The van der Waals surface area contributed by atoms with E-state index in [2.05, 4.69) is 54.2 Å². The second-order valence-electron chi connectivity index (χ2n) is 5.87. The van der Waals surface area contributed by atoms with Gasteiger partial charge in [-0.3, -0.25) is 4.90 Å². The predicted octanol–water partition coefficient (Wildman–Crippen LogP) is 3.71. The van der Waals surface area contributed by atoms with E-state index in [4.69, 9.17) is 0 Å². The van der Waals surface area contributed by atoms with Crippen LogP contribution < -0.4 is 4.90 Å². The zero-order valence-corrected chi connectivity index (χ0v) is 15.4. The summed E-state index contributed by atoms with van der Waals surface area (Å²) in [5, 5.41) is 2.16. The third-order valence-electron chi connectivity index (χ3n) is 4.13. The van der Waals surface area contributed by atoms with Crippen molar-refractivity contribution in [3.8, 4) is 0 Å². The van der Waals surface area contributed by atoms with Crippen LogP contribution >= 0.6 is 27.3 Å². The number of piperidine rings is 1. The van der Waals surface area contributed by atoms with Crippen molar-refractivity contribution in [3.63, 3.8) is 0 Å². The van der Waals surface area contributed by atoms with Crippen LogP contribution in [0.4, 0.5) is 5.95 Å². The molecule has 1 saturated heterocycles. The minimum absolute atomic E-state index is 0.485. The summed E-state index contributed by atoms with van der Waals surface area (Å²) in [7, 11) is 2.12. The van der Waals surface area contributed by atoms with Crippen LogP contribution in [0.3, 0.4) is 0 Å². The number of aromatic nitrogens is 2. The van der Waals surface area contributed by atoms with Gasteiger partial charge in [-0.15, -0.1) is 11.3 Å². The van der Waals surface area contributed by atoms with Gasteiger partial charge < -0.3 is 4.90 Å². The number of nitrogens with zero attached hydrogens (tertiary/aromatic N) is 4. The Balaban J connectivity index is 1.64. The highest BCUT2D eigenvalue weighted by Gasteiger charge is 2.25. The van der Waals surface area contributed by atoms with Crippen molar-refractivity contribution >= 4 is 33.2 Å². The van der Waals surface area contributed by atoms with E-state index >= 15 is 0 Å². The maximum Gasteiger partial charge on any atom is 0.225 e. The third-order valence-corrected chi connectivity index (χ3v) is 5.81. The van der Waals surface area contributed by atoms with E-state index in [9.17, 15) is 0 Å². The van der Waals surface area contributed by atoms with Crippen molar-refractivity contribution in [2.45, 2.75) is 32.4 Å². The third kappa shape index (κ3) is 3.86. The molecule has 2 aromatic heterocycles. The molecule has 0 radical (unpaired) electrons. The van der Waals surface area contributed by atoms with E-state index in [-0.39, 0.29) is 0 Å². The van der Waals surface area contributed by atoms with Crippen LogP contribution in [0.5, 0.6) is 0 Å². The molecule has 0 N–H and O–H groups in total. The number of halogens is 1. The fourth-order valence-electron chi connectivity index (χ4n) is 2.92. The highest BCUT2D eigenvalue weighted by Crippen LogP contribution is 2.24. The number of thiophene rings is 1. The summed E-state index contributed by atoms with van der Waals surface area (Å²) in [6.45, 7) is 5.30. The first kappa shape index (κ1) is 15.9. The van der Waals surface area contributed by atoms with Crippen LogP contribution in [0.25, 0.3) is 0 Å². The number of rotatable bonds is 4. The molecule has 22 heavy (non-hydrogen) atoms. The Labute approximate surface area is 144 Å². The molecule has 0 amide bonds. The maximum absolute atomic E-state index is 4.55. The van der Waals surface area contributed by atoms with Gasteiger partial charge in [-0.2, -0.15) is 0 Å². The van der Waals surface area contributed by atoms with Crippen molar-refractivity contribution in [1.82, 2.24) is 14.9 Å². The fourth-order valence-corrected chi connectivity index (χ4v) is 4.41. The van der Waals surface area contributed by atoms with Crippen LogP contribution in [0.2, 0.25) is 0 Å². The second-order valence-corrected chi connectivity index (χ2v) is 7.78. The normalized spacial score (nSPS) is 19.3. The molecule has 1 atom stereocenters. The van der Waals surface area contributed by atoms with E-state index < -0.39 is 0 Å². The molecule has 0 saturated carbocycles. The van der Waals surface area contributed by atoms with Gasteiger partial charge in [0.2, 0.25) is 5.95 Å². The first-order chi connectivity index (χ1) is 10.6. The van der Waals surface area contributed by atoms with Crippen LogP contribution in [0, 0.1) is 6.92 Å². The van der Waals surface area contributed by atoms with Gasteiger partial charge in [-0.05, 0) is 54.4 Å². The average molecular weight is 381 g/mol. The Morgan fingerprint density at radius 3 is 3.09 bits per heavy atom. The molecule has 0 bridgehead atoms. The largest absolute Gasteiger partial charge is 0.340 e. The number of anilines is 1. The summed E-state index contributed by atoms with van der Waals surface area (Å²) in [6.07, 6.45) is 4.28. The molecule has 1 unspecified atom stereocenters. The zero-order valence-electron chi connectivity index (χ0n) is 13.0. The van der Waals surface area contributed by atoms with Gasteiger partial charge >= 0.3 is 0 Å². The summed E-state index contributed by atoms with van der Waals surface area (Å²) >= 11 is 5.36. The van der Waals surface area contributed by atoms with Crippen molar-refractivity contribution in [1.29, 1.82) is 0 Å². The van der Waals surface area contributed by atoms with Crippen molar-refractivity contribution in [2.75, 3.05) is 25.0 Å². The summed E-state index contributed by atoms with van der Waals surface area (Å²) in [4.78, 5) is 15.2. The highest BCUT2D eigenvalue weighted by molar-refractivity contribution is 9.10. The van der Waals surface area contributed by atoms with Crippen molar-refractivity contribution in [3.05, 3.63) is 38.8 Å². The number of likely N-dealkylation sites (tertiary alicyclic amines) is 1. The summed E-state index contributed by atoms with van der Waals surface area (Å²) in [5.41, 5.74) is 1.02. The zero-order chi connectivity index (χ0) is 15.5. The van der Waals surface area contributed by atoms with Gasteiger partial charge in [0.05, 0.1) is 0 Å². The SMILES string of the molecule is Cc1ccnc(N(C)C2CCCN(Cc3cc(Br)cs3)C2)n1. The summed E-state index contributed by atoms with van der Waals surface area (Å²) < 4.78 is 1.19. The lowest BCUT2D eigenvalue weighted by Crippen LogP contribution is -2.46. The first-order valence-corrected chi connectivity index (χ1v) is 9.27. The Bertz CT molecular complexity index is 630. The molecule has 1 aliphatic heterocycles. The van der Waals surface area contributed by atoms with E-state index in [0.717, 1.165) is 24.7 Å². The molecule has 6 heteroatoms. The standard InChI is InChI=1S/C16H21BrN4S/c1-12-5-6-18-16(19-12)20(2)14-4-3-7-21(9-14)10-15-8-13(17)11-22-15/h5-6,8,11,14H,3-4,7,9-10H2,1-2H3. The van der Waals surface area contributed by atoms with Gasteiger partial charge in [-0.25, -0.2) is 9.97 Å². The Hall–Kier alpha value is -0.980. The lowest BCUT2D eigenvalue weighted by molar-refractivity contribution is 0.199. The monoisotopic (exact) mass is 380 g/mol. The fraction of sp³-hybridized carbons (Fsp3) is 0.500. The second kappa shape index (κ2) is 7.06. The van der Waals surface area contributed by atoms with E-state index in [1.165, 1.54) is 28.7 Å². The minimum atomic E-state index is 0.485. The quantitative estimate of drug-likeness (QED) is 0.808. The first-order valence-electron chi connectivity index (χ1n) is 7.59. The van der Waals surface area contributed by atoms with Crippen LogP contribution in [-0.4, -0.2) is 41.0 Å². The van der Waals surface area contributed by atoms with Crippen LogP contribution in [0.1, 0.15) is 23.4 Å². The molecule has 3 heterocycles. The van der Waals surface area contributed by atoms with E-state index in [0.29, 0.717) is 6.04 Å². The van der Waals surface area contributed by atoms with Crippen LogP contribution in [-0.2, 0) is 6.54 Å². The number of hydrogen-bond donors (Lipinski definition) is 0. The van der Waals surface area contributed by atoms with Gasteiger partial charge in [-0.1, -0.05) is 0 Å². The van der Waals surface area contributed by atoms with Gasteiger partial charge in [0.1, 0.15) is 0 Å². The molecule has 1 aliphatic rings. The van der Waals surface area contributed by atoms with E-state index in [1.807, 2.05) is 30.5 Å². The molecule has 4 nitrogen and oxygen atoms in total. The number of likely N-dealkylation sites (N-methyl/N-ethyl adjacent to an activating group) is 1. The molecule has 0 spiro atoms. The lowest BCUT2D eigenvalue weighted by Gasteiger charge is -2.37. The van der Waals surface area contributed by atoms with Gasteiger partial charge in [0, 0.05) is 52.8 Å². The summed E-state index contributed by atoms with van der Waals surface area (Å²) in [5.74, 6) is 0.839. The molecule has 0 aliphatic carbocycles. The average Bonchev–Trinajstić information content (AvgIpc) is 2.92. The molecule has 2 aromatic rings. The molecule has 3 rings (SSSR count). The Kier molecular flexibility index (Phi) is 5.10. The molecule has 1 fully saturated rings. The minimum Gasteiger partial charge on any atom is -0.340 e. The molecular formula is C16H21BrN4S. The maximum atomic E-state index is 4.55. The summed E-state index contributed by atoms with van der Waals surface area (Å²) in [6, 6.07) is 4.65. The van der Waals surface area contributed by atoms with Gasteiger partial charge in [0.25, 0.3) is 0 Å². The van der Waals surface area contributed by atoms with E-state index in [1.54, 1.807) is 0 Å². The predicted molar refractivity (Wildman–Crippen MR) is 95.5 cm³/mol. The lowest BCUT2D eigenvalue weighted by atomic mass is 10.0. The Morgan fingerprint density at radius 2 is 2.36 bits per heavy atom. The molecular weight excluding hydrogens is 360 g/mol. The number of hydrogen-bond acceptors (Lipinski definition) is 5. The van der Waals surface area contributed by atoms with Gasteiger partial charge in [0.15, 0.2) is 0 Å². The molecule has 118 valence electrons. The molecule has 0 aromatic carbocycles. The smallest absolute Gasteiger partial charge is 0.225 e. The highest BCUT2D eigenvalue weighted by atomic mass is 79.9. The van der Waals surface area contributed by atoms with Crippen molar-refractivity contribution in [2.24, 2.45) is 0 Å². The number of aryl methyl sites for hydroxylation is 1. The van der Waals surface area contributed by atoms with Crippen LogP contribution in [0.15, 0.2) is 28.2 Å².